The number of hydrogen-bond acceptors (Lipinski definition) is 12. The molecule has 1 aliphatic heterocycles. The summed E-state index contributed by atoms with van der Waals surface area (Å²) in [4.78, 5) is 22.8. The van der Waals surface area contributed by atoms with E-state index in [0.717, 1.165) is 0 Å². The molecule has 1 fully saturated rings. The van der Waals surface area contributed by atoms with Gasteiger partial charge in [-0.05, 0) is 23.8 Å². The first-order valence-electron chi connectivity index (χ1n) is 9.40. The van der Waals surface area contributed by atoms with E-state index in [1.54, 1.807) is 12.1 Å². The van der Waals surface area contributed by atoms with Gasteiger partial charge in [-0.2, -0.15) is 10.1 Å². The lowest BCUT2D eigenvalue weighted by atomic mass is 10.1. The highest BCUT2D eigenvalue weighted by Crippen LogP contribution is 2.34. The second-order valence-electron chi connectivity index (χ2n) is 6.96. The summed E-state index contributed by atoms with van der Waals surface area (Å²) in [6.07, 6.45) is -3.75. The van der Waals surface area contributed by atoms with Gasteiger partial charge in [-0.25, -0.2) is 10.4 Å². The number of aromatic nitrogens is 4. The van der Waals surface area contributed by atoms with Crippen molar-refractivity contribution in [3.63, 3.8) is 0 Å². The molecule has 4 atom stereocenters. The van der Waals surface area contributed by atoms with E-state index in [0.29, 0.717) is 5.56 Å². The van der Waals surface area contributed by atoms with Crippen molar-refractivity contribution in [2.24, 2.45) is 5.10 Å². The van der Waals surface area contributed by atoms with Crippen LogP contribution in [-0.2, 0) is 4.74 Å². The maximum absolute atomic E-state index is 12.3. The molecule has 3 aromatic rings. The second kappa shape index (κ2) is 8.43. The summed E-state index contributed by atoms with van der Waals surface area (Å²) in [6, 6.07) is 4.56. The Balaban J connectivity index is 1.73. The third-order valence-corrected chi connectivity index (χ3v) is 4.92. The van der Waals surface area contributed by atoms with E-state index in [4.69, 9.17) is 15.2 Å². The van der Waals surface area contributed by atoms with Gasteiger partial charge in [0, 0.05) is 0 Å². The number of ether oxygens (including phenoxy) is 2. The predicted octanol–water partition coefficient (Wildman–Crippen LogP) is -1.53. The van der Waals surface area contributed by atoms with E-state index >= 15 is 0 Å². The minimum absolute atomic E-state index is 0.0231. The molecule has 3 heterocycles. The zero-order valence-electron chi connectivity index (χ0n) is 16.7. The fourth-order valence-corrected chi connectivity index (χ4v) is 3.35. The molecular formula is C18H21N7O7. The Morgan fingerprint density at radius 1 is 1.38 bits per heavy atom. The summed E-state index contributed by atoms with van der Waals surface area (Å²) < 4.78 is 11.8. The Morgan fingerprint density at radius 3 is 2.84 bits per heavy atom. The number of nitrogens with zero attached hydrogens (tertiary/aromatic N) is 4. The van der Waals surface area contributed by atoms with Crippen LogP contribution in [0.25, 0.3) is 11.2 Å². The Kier molecular flexibility index (Phi) is 5.67. The number of imidazole rings is 1. The smallest absolute Gasteiger partial charge is 0.280 e. The quantitative estimate of drug-likeness (QED) is 0.170. The highest BCUT2D eigenvalue weighted by molar-refractivity contribution is 5.82. The van der Waals surface area contributed by atoms with Gasteiger partial charge in [0.05, 0.1) is 19.9 Å². The van der Waals surface area contributed by atoms with Gasteiger partial charge in [-0.3, -0.25) is 14.3 Å². The van der Waals surface area contributed by atoms with Gasteiger partial charge in [-0.1, -0.05) is 0 Å². The molecule has 14 nitrogen and oxygen atoms in total. The SMILES string of the molecule is COc1cc(/C=N/Nc2nc3c(=O)[nH]c(N)nc3n2C2OC(CO)C(O)C2O)ccc1O. The summed E-state index contributed by atoms with van der Waals surface area (Å²) >= 11 is 0. The van der Waals surface area contributed by atoms with Crippen LogP contribution < -0.4 is 21.5 Å². The van der Waals surface area contributed by atoms with Crippen LogP contribution in [0, 0.1) is 0 Å². The normalized spacial score (nSPS) is 23.2. The number of benzene rings is 1. The Bertz CT molecular complexity index is 1220. The predicted molar refractivity (Wildman–Crippen MR) is 111 cm³/mol. The molecule has 0 saturated carbocycles. The summed E-state index contributed by atoms with van der Waals surface area (Å²) in [6.45, 7) is -0.541. The highest BCUT2D eigenvalue weighted by Gasteiger charge is 2.45. The van der Waals surface area contributed by atoms with Crippen LogP contribution in [0.3, 0.4) is 0 Å². The maximum atomic E-state index is 12.3. The average molecular weight is 447 g/mol. The molecule has 14 heteroatoms. The molecule has 8 N–H and O–H groups in total. The number of rotatable bonds is 6. The van der Waals surface area contributed by atoms with Gasteiger partial charge in [-0.15, -0.1) is 0 Å². The van der Waals surface area contributed by atoms with Gasteiger partial charge >= 0.3 is 0 Å². The number of H-pyrrole nitrogens is 1. The molecule has 4 rings (SSSR count). The van der Waals surface area contributed by atoms with Crippen LogP contribution in [0.2, 0.25) is 0 Å². The number of fused-ring (bicyclic) bond motifs is 1. The zero-order chi connectivity index (χ0) is 23.0. The molecule has 0 bridgehead atoms. The molecule has 0 radical (unpaired) electrons. The largest absolute Gasteiger partial charge is 0.504 e. The van der Waals surface area contributed by atoms with Crippen molar-refractivity contribution in [1.82, 2.24) is 19.5 Å². The fourth-order valence-electron chi connectivity index (χ4n) is 3.35. The minimum Gasteiger partial charge on any atom is -0.504 e. The van der Waals surface area contributed by atoms with E-state index in [-0.39, 0.29) is 34.6 Å². The van der Waals surface area contributed by atoms with Gasteiger partial charge in [0.15, 0.2) is 28.9 Å². The third-order valence-electron chi connectivity index (χ3n) is 4.92. The van der Waals surface area contributed by atoms with Crippen LogP contribution >= 0.6 is 0 Å². The van der Waals surface area contributed by atoms with Crippen LogP contribution in [0.5, 0.6) is 11.5 Å². The lowest BCUT2D eigenvalue weighted by Crippen LogP contribution is -2.33. The molecule has 1 saturated heterocycles. The first kappa shape index (κ1) is 21.5. The topological polar surface area (TPSA) is 213 Å². The number of nitrogens with two attached hydrogens (primary N) is 1. The van der Waals surface area contributed by atoms with Crippen LogP contribution in [0.1, 0.15) is 11.8 Å². The highest BCUT2D eigenvalue weighted by atomic mass is 16.6. The Labute approximate surface area is 179 Å². The summed E-state index contributed by atoms with van der Waals surface area (Å²) in [5.74, 6) is -0.0207. The second-order valence-corrected chi connectivity index (χ2v) is 6.96. The standard InChI is InChI=1S/C18H21N7O7/c1-31-9-4-7(2-3-8(9)27)5-20-24-18-21-11-14(22-17(19)23-15(11)30)25(18)16-13(29)12(28)10(6-26)32-16/h2-5,10,12-13,16,26-29H,6H2,1H3,(H,21,24)(H3,19,22,23,30)/b20-5+. The van der Waals surface area contributed by atoms with Crippen LogP contribution in [-0.4, -0.2) is 78.2 Å². The van der Waals surface area contributed by atoms with Crippen molar-refractivity contribution >= 4 is 29.3 Å². The van der Waals surface area contributed by atoms with Crippen LogP contribution in [0.4, 0.5) is 11.9 Å². The summed E-state index contributed by atoms with van der Waals surface area (Å²) in [7, 11) is 1.41. The van der Waals surface area contributed by atoms with E-state index in [1.807, 2.05) is 0 Å². The van der Waals surface area contributed by atoms with Gasteiger partial charge in [0.1, 0.15) is 18.3 Å². The van der Waals surface area contributed by atoms with E-state index in [9.17, 15) is 25.2 Å². The Hall–Kier alpha value is -3.72. The lowest BCUT2D eigenvalue weighted by Gasteiger charge is -2.18. The molecule has 0 aliphatic carbocycles. The molecular weight excluding hydrogens is 426 g/mol. The molecule has 32 heavy (non-hydrogen) atoms. The van der Waals surface area contributed by atoms with Crippen molar-refractivity contribution in [2.45, 2.75) is 24.5 Å². The monoisotopic (exact) mass is 447 g/mol. The van der Waals surface area contributed by atoms with Crippen LogP contribution in [0.15, 0.2) is 28.1 Å². The van der Waals surface area contributed by atoms with Crippen molar-refractivity contribution < 1.29 is 29.9 Å². The van der Waals surface area contributed by atoms with E-state index in [2.05, 4.69) is 25.5 Å². The van der Waals surface area contributed by atoms with Gasteiger partial charge in [0.2, 0.25) is 11.9 Å². The number of nitrogen functional groups attached to an aromatic ring is 1. The Morgan fingerprint density at radius 2 is 2.16 bits per heavy atom. The fraction of sp³-hybridized carbons (Fsp3) is 0.333. The first-order chi connectivity index (χ1) is 15.3. The maximum Gasteiger partial charge on any atom is 0.280 e. The summed E-state index contributed by atoms with van der Waals surface area (Å²) in [5, 5.41) is 43.7. The van der Waals surface area contributed by atoms with Gasteiger partial charge < -0.3 is 35.6 Å². The van der Waals surface area contributed by atoms with E-state index < -0.39 is 36.7 Å². The molecule has 170 valence electrons. The minimum atomic E-state index is -1.46. The van der Waals surface area contributed by atoms with Crippen molar-refractivity contribution in [3.05, 3.63) is 34.1 Å². The molecule has 0 amide bonds. The number of anilines is 2. The lowest BCUT2D eigenvalue weighted by molar-refractivity contribution is -0.0501. The molecule has 1 aliphatic rings. The molecule has 0 spiro atoms. The van der Waals surface area contributed by atoms with Crippen molar-refractivity contribution in [3.8, 4) is 11.5 Å². The number of methoxy groups -OCH3 is 1. The van der Waals surface area contributed by atoms with Crippen molar-refractivity contribution in [1.29, 1.82) is 0 Å². The molecule has 1 aromatic carbocycles. The van der Waals surface area contributed by atoms with Gasteiger partial charge in [0.25, 0.3) is 5.56 Å². The number of aromatic amines is 1. The zero-order valence-corrected chi connectivity index (χ0v) is 16.7. The number of hydrogen-bond donors (Lipinski definition) is 7. The first-order valence-corrected chi connectivity index (χ1v) is 9.40. The molecule has 2 aromatic heterocycles. The summed E-state index contributed by atoms with van der Waals surface area (Å²) in [5.41, 5.74) is 8.10. The number of aliphatic hydroxyl groups is 3. The molecule has 4 unspecified atom stereocenters. The van der Waals surface area contributed by atoms with Crippen molar-refractivity contribution in [2.75, 3.05) is 24.9 Å². The number of aliphatic hydroxyl groups excluding tert-OH is 3. The number of aromatic hydroxyl groups is 1. The number of hydrazone groups is 1. The number of phenolic OH excluding ortho intramolecular Hbond substituents is 1. The van der Waals surface area contributed by atoms with E-state index in [1.165, 1.54) is 24.0 Å². The number of phenols is 1. The number of nitrogens with one attached hydrogen (secondary N) is 2. The average Bonchev–Trinajstić information content (AvgIpc) is 3.26. The third kappa shape index (κ3) is 3.71.